The maximum absolute atomic E-state index is 12.8. The second-order valence-corrected chi connectivity index (χ2v) is 22.6. The highest BCUT2D eigenvalue weighted by Crippen LogP contribution is 2.50. The van der Waals surface area contributed by atoms with Crippen molar-refractivity contribution in [1.82, 2.24) is 0 Å². The molecule has 0 aliphatic carbocycles. The van der Waals surface area contributed by atoms with Gasteiger partial charge in [0.05, 0.1) is 78.3 Å². The molecule has 10 nitrogen and oxygen atoms in total. The second kappa shape index (κ2) is 23.7. The van der Waals surface area contributed by atoms with E-state index in [-0.39, 0.29) is 36.4 Å². The topological polar surface area (TPSA) is 133 Å². The minimum Gasteiger partial charge on any atom is -0.460 e. The van der Waals surface area contributed by atoms with Gasteiger partial charge in [-0.25, -0.2) is 0 Å². The first-order chi connectivity index (χ1) is 26.7. The van der Waals surface area contributed by atoms with E-state index in [9.17, 15) is 20.1 Å². The predicted molar refractivity (Wildman–Crippen MR) is 240 cm³/mol. The summed E-state index contributed by atoms with van der Waals surface area (Å²) < 4.78 is 39.5. The molecule has 1 saturated heterocycles. The molecule has 0 aromatic carbocycles. The van der Waals surface area contributed by atoms with Crippen LogP contribution in [0.5, 0.6) is 0 Å². The lowest BCUT2D eigenvalue weighted by molar-refractivity contribution is -0.183. The molecule has 59 heavy (non-hydrogen) atoms. The smallest absolute Gasteiger partial charge is 0.306 e. The fourth-order valence-electron chi connectivity index (χ4n) is 8.24. The largest absolute Gasteiger partial charge is 0.460 e. The lowest BCUT2D eigenvalue weighted by atomic mass is 9.65. The molecule has 4 atom stereocenters. The van der Waals surface area contributed by atoms with Crippen molar-refractivity contribution >= 4 is 5.97 Å². The molecule has 3 N–H and O–H groups in total. The molecule has 1 heterocycles. The van der Waals surface area contributed by atoms with E-state index < -0.39 is 44.8 Å². The van der Waals surface area contributed by atoms with E-state index in [4.69, 9.17) is 28.4 Å². The number of carbonyl (C=O) groups excluding carboxylic acids is 1. The lowest BCUT2D eigenvalue weighted by Crippen LogP contribution is -2.56. The van der Waals surface area contributed by atoms with E-state index in [1.165, 1.54) is 44.9 Å². The molecule has 1 aliphatic rings. The Balaban J connectivity index is 3.27. The van der Waals surface area contributed by atoms with Crippen LogP contribution in [-0.2, 0) is 33.2 Å². The van der Waals surface area contributed by atoms with Gasteiger partial charge in [-0.3, -0.25) is 4.79 Å². The molecule has 4 unspecified atom stereocenters. The van der Waals surface area contributed by atoms with Gasteiger partial charge >= 0.3 is 5.97 Å². The zero-order valence-electron chi connectivity index (χ0n) is 41.4. The van der Waals surface area contributed by atoms with Crippen LogP contribution >= 0.6 is 0 Å². The van der Waals surface area contributed by atoms with Gasteiger partial charge in [-0.1, -0.05) is 58.3 Å². The molecule has 0 saturated carbocycles. The quantitative estimate of drug-likeness (QED) is 0.0444. The summed E-state index contributed by atoms with van der Waals surface area (Å²) in [7, 11) is 0. The van der Waals surface area contributed by atoms with Crippen molar-refractivity contribution in [3.05, 3.63) is 0 Å². The molecule has 352 valence electrons. The molecule has 1 fully saturated rings. The van der Waals surface area contributed by atoms with Crippen LogP contribution in [-0.4, -0.2) is 105 Å². The van der Waals surface area contributed by atoms with Gasteiger partial charge in [0, 0.05) is 30.6 Å². The highest BCUT2D eigenvalue weighted by Gasteiger charge is 2.58. The third-order valence-electron chi connectivity index (χ3n) is 12.2. The van der Waals surface area contributed by atoms with E-state index >= 15 is 0 Å². The van der Waals surface area contributed by atoms with Gasteiger partial charge in [0.2, 0.25) is 0 Å². The highest BCUT2D eigenvalue weighted by atomic mass is 16.6. The van der Waals surface area contributed by atoms with Crippen molar-refractivity contribution in [2.45, 2.75) is 259 Å². The maximum Gasteiger partial charge on any atom is 0.306 e. The van der Waals surface area contributed by atoms with Crippen LogP contribution in [0, 0.1) is 17.8 Å². The lowest BCUT2D eigenvalue weighted by Gasteiger charge is -2.49. The Morgan fingerprint density at radius 1 is 0.593 bits per heavy atom. The molecule has 0 aromatic rings. The fourth-order valence-corrected chi connectivity index (χ4v) is 8.24. The van der Waals surface area contributed by atoms with Crippen LogP contribution in [0.4, 0.5) is 0 Å². The Hall–Kier alpha value is -0.850. The molecule has 1 rings (SSSR count). The first kappa shape index (κ1) is 56.2. The summed E-state index contributed by atoms with van der Waals surface area (Å²) in [4.78, 5) is 12.8. The average Bonchev–Trinajstić information content (AvgIpc) is 3.51. The monoisotopic (exact) mass is 845 g/mol. The third kappa shape index (κ3) is 23.4. The molecule has 10 heteroatoms. The van der Waals surface area contributed by atoms with Crippen molar-refractivity contribution < 1.29 is 48.5 Å². The summed E-state index contributed by atoms with van der Waals surface area (Å²) >= 11 is 0. The zero-order chi connectivity index (χ0) is 45.6. The first-order valence-electron chi connectivity index (χ1n) is 23.3. The summed E-state index contributed by atoms with van der Waals surface area (Å²) in [5.41, 5.74) is -6.18. The Morgan fingerprint density at radius 3 is 1.56 bits per heavy atom. The summed E-state index contributed by atoms with van der Waals surface area (Å²) in [6.07, 6.45) is 13.0. The highest BCUT2D eigenvalue weighted by molar-refractivity contribution is 5.69. The molecule has 0 spiro atoms. The van der Waals surface area contributed by atoms with E-state index in [1.807, 2.05) is 13.8 Å². The van der Waals surface area contributed by atoms with E-state index in [1.54, 1.807) is 41.5 Å². The normalized spacial score (nSPS) is 19.7. The van der Waals surface area contributed by atoms with Gasteiger partial charge in [-0.05, 0) is 136 Å². The Kier molecular flexibility index (Phi) is 22.6. The maximum atomic E-state index is 12.8. The summed E-state index contributed by atoms with van der Waals surface area (Å²) in [6.45, 7) is 35.2. The van der Waals surface area contributed by atoms with Crippen LogP contribution in [0.25, 0.3) is 0 Å². The minimum absolute atomic E-state index is 0.0888. The number of aliphatic hydroxyl groups is 3. The number of unbranched alkanes of at least 4 members (excludes halogenated alkanes) is 8. The number of rotatable bonds is 32. The molecule has 0 bridgehead atoms. The van der Waals surface area contributed by atoms with E-state index in [2.05, 4.69) is 62.3 Å². The molecule has 1 aliphatic heterocycles. The predicted octanol–water partition coefficient (Wildman–Crippen LogP) is 10.5. The van der Waals surface area contributed by atoms with Gasteiger partial charge in [-0.2, -0.15) is 0 Å². The average molecular weight is 845 g/mol. The van der Waals surface area contributed by atoms with Gasteiger partial charge < -0.3 is 43.7 Å². The number of hydrogen-bond donors (Lipinski definition) is 3. The Morgan fingerprint density at radius 2 is 1.07 bits per heavy atom. The molecule has 0 aromatic heterocycles. The minimum atomic E-state index is -1.04. The van der Waals surface area contributed by atoms with Crippen molar-refractivity contribution in [3.8, 4) is 0 Å². The first-order valence-corrected chi connectivity index (χ1v) is 23.3. The number of hydrogen-bond acceptors (Lipinski definition) is 10. The van der Waals surface area contributed by atoms with E-state index in [0.717, 1.165) is 12.8 Å². The van der Waals surface area contributed by atoms with Crippen LogP contribution in [0.2, 0.25) is 0 Å². The van der Waals surface area contributed by atoms with Gasteiger partial charge in [0.25, 0.3) is 0 Å². The van der Waals surface area contributed by atoms with Gasteiger partial charge in [0.1, 0.15) is 5.60 Å². The van der Waals surface area contributed by atoms with Gasteiger partial charge in [0.15, 0.2) is 0 Å². The van der Waals surface area contributed by atoms with E-state index in [0.29, 0.717) is 58.5 Å². The van der Waals surface area contributed by atoms with Crippen LogP contribution < -0.4 is 0 Å². The van der Waals surface area contributed by atoms with Crippen molar-refractivity contribution in [3.63, 3.8) is 0 Å². The summed E-state index contributed by atoms with van der Waals surface area (Å²) in [5, 5.41) is 31.8. The van der Waals surface area contributed by atoms with Crippen LogP contribution in [0.1, 0.15) is 208 Å². The summed E-state index contributed by atoms with van der Waals surface area (Å²) in [6, 6.07) is 0. The Labute approximate surface area is 362 Å². The molecular weight excluding hydrogens is 749 g/mol. The molecule has 0 amide bonds. The SMILES string of the molecule is CCCCCCCCCCCC(=O)OC(C)(C)CCOC(C)(C)CC(C1OCC(C(C)(C)OCCC(C)(C)O)C1C(C)(C)OCCC(C)(C)O)C(C)(C)OCC(C)(C)O. The second-order valence-electron chi connectivity index (χ2n) is 22.6. The fraction of sp³-hybridized carbons (Fsp3) is 0.980. The third-order valence-corrected chi connectivity index (χ3v) is 12.2. The summed E-state index contributed by atoms with van der Waals surface area (Å²) in [5.74, 6) is -0.631. The van der Waals surface area contributed by atoms with Crippen molar-refractivity contribution in [2.24, 2.45) is 17.8 Å². The standard InChI is InChI=1S/C49H96O10/c1-18-19-20-21-22-23-24-25-26-27-39(50)59-45(8,9)30-33-55-46(10,11)34-37(47(12,13)58-36-44(6,7)53)41-40(49(16,17)57-32-29-43(4,5)52)38(35-54-41)48(14,15)56-31-28-42(2,3)51/h37-38,40-41,51-53H,18-36H2,1-17H3. The zero-order valence-corrected chi connectivity index (χ0v) is 41.4. The van der Waals surface area contributed by atoms with Crippen molar-refractivity contribution in [1.29, 1.82) is 0 Å². The Bertz CT molecular complexity index is 1170. The number of ether oxygens (including phenoxy) is 6. The molecular formula is C49H96O10. The van der Waals surface area contributed by atoms with Crippen molar-refractivity contribution in [2.75, 3.05) is 33.0 Å². The van der Waals surface area contributed by atoms with Crippen LogP contribution in [0.15, 0.2) is 0 Å². The number of esters is 1. The van der Waals surface area contributed by atoms with Crippen LogP contribution in [0.3, 0.4) is 0 Å². The molecule has 0 radical (unpaired) electrons. The number of carbonyl (C=O) groups is 1. The van der Waals surface area contributed by atoms with Gasteiger partial charge in [-0.15, -0.1) is 0 Å².